The molecule has 1 heterocycles. The molecule has 1 aromatic rings. The minimum Gasteiger partial charge on any atom is -0.459 e. The Morgan fingerprint density at radius 3 is 2.30 bits per heavy atom. The third-order valence-electron chi connectivity index (χ3n) is 4.79. The Bertz CT molecular complexity index is 835. The van der Waals surface area contributed by atoms with Gasteiger partial charge in [0.05, 0.1) is 17.7 Å². The van der Waals surface area contributed by atoms with E-state index in [1.165, 1.54) is 0 Å². The lowest BCUT2D eigenvalue weighted by Crippen LogP contribution is -2.48. The molecule has 1 aliphatic rings. The lowest BCUT2D eigenvalue weighted by atomic mass is 9.94. The maximum Gasteiger partial charge on any atom is 0.338 e. The third kappa shape index (κ3) is 5.40. The Labute approximate surface area is 178 Å². The monoisotopic (exact) mass is 415 g/mol. The molecule has 2 N–H and O–H groups in total. The van der Waals surface area contributed by atoms with Gasteiger partial charge in [-0.2, -0.15) is 0 Å². The van der Waals surface area contributed by atoms with Gasteiger partial charge in [0.25, 0.3) is 0 Å². The number of hydrogen-bond acceptors (Lipinski definition) is 4. The van der Waals surface area contributed by atoms with Crippen LogP contribution in [0.4, 0.5) is 10.5 Å². The highest BCUT2D eigenvalue weighted by Crippen LogP contribution is 2.32. The molecular formula is C23H33N3O4. The number of allylic oxidation sites excluding steroid dienone is 1. The normalized spacial score (nSPS) is 17.1. The molecule has 1 aliphatic heterocycles. The summed E-state index contributed by atoms with van der Waals surface area (Å²) in [6.07, 6.45) is 0.495. The van der Waals surface area contributed by atoms with Crippen molar-refractivity contribution in [1.82, 2.24) is 10.2 Å². The second-order valence-electron chi connectivity index (χ2n) is 8.81. The number of carbonyl (C=O) groups is 3. The van der Waals surface area contributed by atoms with Crippen LogP contribution in [-0.2, 0) is 14.3 Å². The Morgan fingerprint density at radius 2 is 1.80 bits per heavy atom. The Kier molecular flexibility index (Phi) is 7.29. The molecule has 30 heavy (non-hydrogen) atoms. The van der Waals surface area contributed by atoms with Gasteiger partial charge in [-0.15, -0.1) is 0 Å². The molecular weight excluding hydrogens is 382 g/mol. The van der Waals surface area contributed by atoms with Crippen molar-refractivity contribution >= 4 is 23.6 Å². The van der Waals surface area contributed by atoms with Crippen molar-refractivity contribution in [1.29, 1.82) is 0 Å². The lowest BCUT2D eigenvalue weighted by Gasteiger charge is -2.35. The zero-order valence-electron chi connectivity index (χ0n) is 19.0. The number of carbonyl (C=O) groups excluding carboxylic acids is 3. The van der Waals surface area contributed by atoms with Crippen molar-refractivity contribution in [3.63, 3.8) is 0 Å². The number of rotatable bonds is 6. The van der Waals surface area contributed by atoms with Gasteiger partial charge in [0.15, 0.2) is 0 Å². The van der Waals surface area contributed by atoms with Gasteiger partial charge in [-0.25, -0.2) is 9.59 Å². The Balaban J connectivity index is 2.38. The number of amides is 3. The van der Waals surface area contributed by atoms with Crippen molar-refractivity contribution in [2.45, 2.75) is 67.0 Å². The van der Waals surface area contributed by atoms with Crippen LogP contribution in [0.5, 0.6) is 0 Å². The zero-order valence-corrected chi connectivity index (χ0v) is 19.0. The van der Waals surface area contributed by atoms with Crippen molar-refractivity contribution in [2.75, 3.05) is 11.9 Å². The van der Waals surface area contributed by atoms with Crippen LogP contribution in [0.1, 0.15) is 66.5 Å². The molecule has 3 amide bonds. The van der Waals surface area contributed by atoms with Gasteiger partial charge in [0.2, 0.25) is 5.91 Å². The summed E-state index contributed by atoms with van der Waals surface area (Å²) >= 11 is 0. The number of hydrogen-bond donors (Lipinski definition) is 2. The van der Waals surface area contributed by atoms with E-state index in [0.717, 1.165) is 12.0 Å². The summed E-state index contributed by atoms with van der Waals surface area (Å²) in [5.74, 6) is -0.535. The molecule has 0 aliphatic carbocycles. The fourth-order valence-corrected chi connectivity index (χ4v) is 3.14. The van der Waals surface area contributed by atoms with Gasteiger partial charge in [0.1, 0.15) is 0 Å². The van der Waals surface area contributed by atoms with E-state index in [1.54, 1.807) is 49.9 Å². The van der Waals surface area contributed by atoms with Gasteiger partial charge < -0.3 is 15.4 Å². The molecule has 0 fully saturated rings. The van der Waals surface area contributed by atoms with E-state index in [4.69, 9.17) is 4.74 Å². The SMILES string of the molecule is CCCN1C(=O)N[C@H](c2ccc(NC(=O)C(C)(C)C)cc2)C(C(=O)OC(C)C)=C1C. The van der Waals surface area contributed by atoms with Gasteiger partial charge in [0, 0.05) is 23.3 Å². The Hall–Kier alpha value is -2.83. The molecule has 1 atom stereocenters. The average Bonchev–Trinajstić information content (AvgIpc) is 2.63. The van der Waals surface area contributed by atoms with Crippen molar-refractivity contribution in [3.8, 4) is 0 Å². The minimum absolute atomic E-state index is 0.0895. The van der Waals surface area contributed by atoms with Crippen molar-refractivity contribution < 1.29 is 19.1 Å². The summed E-state index contributed by atoms with van der Waals surface area (Å²) < 4.78 is 5.46. The summed E-state index contributed by atoms with van der Waals surface area (Å²) in [5, 5.41) is 5.80. The number of benzene rings is 1. The zero-order chi connectivity index (χ0) is 22.6. The standard InChI is InChI=1S/C23H33N3O4/c1-8-13-26-15(4)18(20(27)30-14(2)3)19(25-22(26)29)16-9-11-17(12-10-16)24-21(28)23(5,6)7/h9-12,14,19H,8,13H2,1-7H3,(H,24,28)(H,25,29)/t19-/m1/s1. The maximum absolute atomic E-state index is 12.9. The first-order chi connectivity index (χ1) is 14.0. The van der Waals surface area contributed by atoms with E-state index in [0.29, 0.717) is 23.5 Å². The number of esters is 1. The maximum atomic E-state index is 12.9. The quantitative estimate of drug-likeness (QED) is 0.675. The van der Waals surface area contributed by atoms with Crippen LogP contribution in [0.25, 0.3) is 0 Å². The largest absolute Gasteiger partial charge is 0.459 e. The molecule has 0 spiro atoms. The highest BCUT2D eigenvalue weighted by molar-refractivity contribution is 5.96. The number of ether oxygens (including phenoxy) is 1. The number of nitrogens with one attached hydrogen (secondary N) is 2. The fourth-order valence-electron chi connectivity index (χ4n) is 3.14. The fraction of sp³-hybridized carbons (Fsp3) is 0.522. The summed E-state index contributed by atoms with van der Waals surface area (Å²) in [7, 11) is 0. The van der Waals surface area contributed by atoms with Crippen LogP contribution < -0.4 is 10.6 Å². The van der Waals surface area contributed by atoms with Crippen molar-refractivity contribution in [2.24, 2.45) is 5.41 Å². The molecule has 7 nitrogen and oxygen atoms in total. The van der Waals surface area contributed by atoms with E-state index >= 15 is 0 Å². The molecule has 1 aromatic carbocycles. The molecule has 0 unspecified atom stereocenters. The highest BCUT2D eigenvalue weighted by Gasteiger charge is 2.36. The van der Waals surface area contributed by atoms with E-state index in [9.17, 15) is 14.4 Å². The summed E-state index contributed by atoms with van der Waals surface area (Å²) in [6, 6.07) is 6.27. The smallest absolute Gasteiger partial charge is 0.338 e. The predicted molar refractivity (Wildman–Crippen MR) is 117 cm³/mol. The molecule has 2 rings (SSSR count). The second kappa shape index (κ2) is 9.32. The van der Waals surface area contributed by atoms with Crippen LogP contribution in [-0.4, -0.2) is 35.5 Å². The molecule has 0 radical (unpaired) electrons. The van der Waals surface area contributed by atoms with E-state index < -0.39 is 17.4 Å². The van der Waals surface area contributed by atoms with Gasteiger partial charge >= 0.3 is 12.0 Å². The summed E-state index contributed by atoms with van der Waals surface area (Å²) in [6.45, 7) is 13.4. The van der Waals surface area contributed by atoms with Gasteiger partial charge in [-0.05, 0) is 44.9 Å². The number of anilines is 1. The first-order valence-electron chi connectivity index (χ1n) is 10.4. The van der Waals surface area contributed by atoms with E-state index in [-0.39, 0.29) is 18.0 Å². The topological polar surface area (TPSA) is 87.7 Å². The summed E-state index contributed by atoms with van der Waals surface area (Å²) in [4.78, 5) is 39.3. The molecule has 0 bridgehead atoms. The van der Waals surface area contributed by atoms with Crippen LogP contribution in [0.15, 0.2) is 35.5 Å². The van der Waals surface area contributed by atoms with E-state index in [1.807, 2.05) is 27.7 Å². The van der Waals surface area contributed by atoms with Crippen molar-refractivity contribution in [3.05, 3.63) is 41.1 Å². The van der Waals surface area contributed by atoms with Gasteiger partial charge in [-0.1, -0.05) is 39.8 Å². The number of urea groups is 1. The third-order valence-corrected chi connectivity index (χ3v) is 4.79. The average molecular weight is 416 g/mol. The second-order valence-corrected chi connectivity index (χ2v) is 8.81. The van der Waals surface area contributed by atoms with Crippen LogP contribution >= 0.6 is 0 Å². The van der Waals surface area contributed by atoms with Crippen LogP contribution in [0.2, 0.25) is 0 Å². The predicted octanol–water partition coefficient (Wildman–Crippen LogP) is 4.37. The minimum atomic E-state index is -0.621. The Morgan fingerprint density at radius 1 is 1.20 bits per heavy atom. The highest BCUT2D eigenvalue weighted by atomic mass is 16.5. The molecule has 7 heteroatoms. The first-order valence-corrected chi connectivity index (χ1v) is 10.4. The molecule has 0 aromatic heterocycles. The first kappa shape index (κ1) is 23.4. The van der Waals surface area contributed by atoms with Crippen LogP contribution in [0.3, 0.4) is 0 Å². The lowest BCUT2D eigenvalue weighted by molar-refractivity contribution is -0.143. The summed E-state index contributed by atoms with van der Waals surface area (Å²) in [5.41, 5.74) is 1.90. The van der Waals surface area contributed by atoms with E-state index in [2.05, 4.69) is 10.6 Å². The van der Waals surface area contributed by atoms with Gasteiger partial charge in [-0.3, -0.25) is 9.69 Å². The molecule has 164 valence electrons. The number of nitrogens with zero attached hydrogens (tertiary/aromatic N) is 1. The van der Waals surface area contributed by atoms with Crippen LogP contribution in [0, 0.1) is 5.41 Å². The molecule has 0 saturated carbocycles. The molecule has 0 saturated heterocycles.